The smallest absolute Gasteiger partial charge is 0.133 e. The van der Waals surface area contributed by atoms with E-state index in [9.17, 15) is 0 Å². The number of hydrogen-bond acceptors (Lipinski definition) is 2. The number of benzene rings is 1. The van der Waals surface area contributed by atoms with E-state index in [1.54, 1.807) is 0 Å². The van der Waals surface area contributed by atoms with Crippen LogP contribution in [0.25, 0.3) is 11.3 Å². The Morgan fingerprint density at radius 1 is 0.882 bits per heavy atom. The summed E-state index contributed by atoms with van der Waals surface area (Å²) < 4.78 is 0. The molecule has 2 aromatic rings. The van der Waals surface area contributed by atoms with Gasteiger partial charge in [-0.15, -0.1) is 0 Å². The lowest BCUT2D eigenvalue weighted by molar-refractivity contribution is 1.05. The molecule has 0 saturated carbocycles. The fraction of sp³-hybridized carbons (Fsp3) is 0.286. The van der Waals surface area contributed by atoms with Crippen LogP contribution >= 0.6 is 11.6 Å². The van der Waals surface area contributed by atoms with Gasteiger partial charge in [-0.25, -0.2) is 9.97 Å². The Bertz CT molecular complexity index is 533. The molecule has 0 aliphatic carbocycles. The molecule has 0 saturated heterocycles. The highest BCUT2D eigenvalue weighted by molar-refractivity contribution is 6.29. The molecule has 0 radical (unpaired) electrons. The van der Waals surface area contributed by atoms with Crippen LogP contribution in [0.15, 0.2) is 18.2 Å². The summed E-state index contributed by atoms with van der Waals surface area (Å²) in [5.74, 6) is 0.701. The molecule has 0 unspecified atom stereocenters. The minimum Gasteiger partial charge on any atom is -0.233 e. The van der Waals surface area contributed by atoms with Crippen LogP contribution in [-0.4, -0.2) is 9.97 Å². The third kappa shape index (κ3) is 2.47. The van der Waals surface area contributed by atoms with Crippen molar-refractivity contribution in [2.24, 2.45) is 0 Å². The second kappa shape index (κ2) is 4.46. The van der Waals surface area contributed by atoms with Crippen LogP contribution in [0.1, 0.15) is 22.5 Å². The molecule has 88 valence electrons. The van der Waals surface area contributed by atoms with E-state index in [1.807, 2.05) is 13.0 Å². The van der Waals surface area contributed by atoms with Crippen LogP contribution < -0.4 is 0 Å². The number of rotatable bonds is 1. The highest BCUT2D eigenvalue weighted by atomic mass is 35.5. The maximum atomic E-state index is 5.98. The largest absolute Gasteiger partial charge is 0.233 e. The Balaban J connectivity index is 2.68. The quantitative estimate of drug-likeness (QED) is 0.710. The summed E-state index contributed by atoms with van der Waals surface area (Å²) in [5, 5.41) is 0.492. The molecule has 0 bridgehead atoms. The highest BCUT2D eigenvalue weighted by Crippen LogP contribution is 2.28. The Hall–Kier alpha value is -1.41. The number of aryl methyl sites for hydroxylation is 4. The zero-order valence-corrected chi connectivity index (χ0v) is 11.3. The van der Waals surface area contributed by atoms with E-state index in [4.69, 9.17) is 11.6 Å². The van der Waals surface area contributed by atoms with E-state index in [0.717, 1.165) is 11.3 Å². The first-order valence-electron chi connectivity index (χ1n) is 5.57. The fourth-order valence-electron chi connectivity index (χ4n) is 2.24. The van der Waals surface area contributed by atoms with E-state index in [0.29, 0.717) is 11.0 Å². The van der Waals surface area contributed by atoms with Gasteiger partial charge in [-0.1, -0.05) is 29.3 Å². The Morgan fingerprint density at radius 2 is 1.47 bits per heavy atom. The molecular weight excluding hydrogens is 232 g/mol. The second-order valence-corrected chi connectivity index (χ2v) is 4.78. The fourth-order valence-corrected chi connectivity index (χ4v) is 2.47. The monoisotopic (exact) mass is 246 g/mol. The van der Waals surface area contributed by atoms with Crippen LogP contribution in [0.2, 0.25) is 5.15 Å². The van der Waals surface area contributed by atoms with E-state index in [-0.39, 0.29) is 0 Å². The first kappa shape index (κ1) is 12.1. The topological polar surface area (TPSA) is 25.8 Å². The minimum absolute atomic E-state index is 0.492. The number of halogens is 1. The zero-order valence-electron chi connectivity index (χ0n) is 10.5. The van der Waals surface area contributed by atoms with Gasteiger partial charge in [-0.2, -0.15) is 0 Å². The van der Waals surface area contributed by atoms with E-state index in [2.05, 4.69) is 42.9 Å². The summed E-state index contributed by atoms with van der Waals surface area (Å²) in [6.07, 6.45) is 0. The van der Waals surface area contributed by atoms with Gasteiger partial charge in [0.25, 0.3) is 0 Å². The molecule has 1 heterocycles. The molecule has 2 nitrogen and oxygen atoms in total. The van der Waals surface area contributed by atoms with Gasteiger partial charge in [0.05, 0.1) is 5.69 Å². The van der Waals surface area contributed by atoms with Crippen molar-refractivity contribution < 1.29 is 0 Å². The Labute approximate surface area is 107 Å². The SMILES string of the molecule is Cc1cc(C)c(-c2cc(Cl)nc(C)n2)c(C)c1. The molecule has 1 aromatic heterocycles. The third-order valence-electron chi connectivity index (χ3n) is 2.74. The van der Waals surface area contributed by atoms with E-state index in [1.165, 1.54) is 16.7 Å². The summed E-state index contributed by atoms with van der Waals surface area (Å²) in [5.41, 5.74) is 5.76. The van der Waals surface area contributed by atoms with Crippen molar-refractivity contribution in [2.45, 2.75) is 27.7 Å². The summed E-state index contributed by atoms with van der Waals surface area (Å²) in [7, 11) is 0. The summed E-state index contributed by atoms with van der Waals surface area (Å²) >= 11 is 5.98. The van der Waals surface area contributed by atoms with Crippen LogP contribution in [0.3, 0.4) is 0 Å². The standard InChI is InChI=1S/C14H15ClN2/c1-8-5-9(2)14(10(3)6-8)12-7-13(15)17-11(4)16-12/h5-7H,1-4H3. The molecule has 0 aliphatic rings. The Morgan fingerprint density at radius 3 is 2.00 bits per heavy atom. The second-order valence-electron chi connectivity index (χ2n) is 4.40. The summed E-state index contributed by atoms with van der Waals surface area (Å²) in [6, 6.07) is 6.14. The van der Waals surface area contributed by atoms with Crippen LogP contribution in [0, 0.1) is 27.7 Å². The molecule has 0 amide bonds. The summed E-state index contributed by atoms with van der Waals surface area (Å²) in [4.78, 5) is 8.55. The van der Waals surface area contributed by atoms with Crippen molar-refractivity contribution in [3.8, 4) is 11.3 Å². The summed E-state index contributed by atoms with van der Waals surface area (Å²) in [6.45, 7) is 8.15. The number of hydrogen-bond donors (Lipinski definition) is 0. The van der Waals surface area contributed by atoms with Crippen LogP contribution in [-0.2, 0) is 0 Å². The maximum Gasteiger partial charge on any atom is 0.133 e. The maximum absolute atomic E-state index is 5.98. The molecule has 0 aliphatic heterocycles. The van der Waals surface area contributed by atoms with Crippen molar-refractivity contribution in [2.75, 3.05) is 0 Å². The average molecular weight is 247 g/mol. The van der Waals surface area contributed by atoms with Crippen molar-refractivity contribution in [1.29, 1.82) is 0 Å². The van der Waals surface area contributed by atoms with Crippen molar-refractivity contribution in [3.05, 3.63) is 45.9 Å². The van der Waals surface area contributed by atoms with Gasteiger partial charge in [0, 0.05) is 11.6 Å². The van der Waals surface area contributed by atoms with Crippen LogP contribution in [0.4, 0.5) is 0 Å². The molecule has 2 rings (SSSR count). The van der Waals surface area contributed by atoms with E-state index >= 15 is 0 Å². The van der Waals surface area contributed by atoms with Gasteiger partial charge in [-0.3, -0.25) is 0 Å². The van der Waals surface area contributed by atoms with Gasteiger partial charge >= 0.3 is 0 Å². The normalized spacial score (nSPS) is 10.6. The van der Waals surface area contributed by atoms with E-state index < -0.39 is 0 Å². The van der Waals surface area contributed by atoms with Crippen LogP contribution in [0.5, 0.6) is 0 Å². The van der Waals surface area contributed by atoms with Gasteiger partial charge in [0.15, 0.2) is 0 Å². The zero-order chi connectivity index (χ0) is 12.6. The predicted molar refractivity (Wildman–Crippen MR) is 71.4 cm³/mol. The van der Waals surface area contributed by atoms with Crippen molar-refractivity contribution in [1.82, 2.24) is 9.97 Å². The minimum atomic E-state index is 0.492. The lowest BCUT2D eigenvalue weighted by atomic mass is 9.97. The first-order chi connectivity index (χ1) is 7.97. The van der Waals surface area contributed by atoms with Gasteiger partial charge in [-0.05, 0) is 38.8 Å². The molecule has 0 spiro atoms. The van der Waals surface area contributed by atoms with Gasteiger partial charge in [0.1, 0.15) is 11.0 Å². The molecule has 0 atom stereocenters. The average Bonchev–Trinajstić information content (AvgIpc) is 2.13. The third-order valence-corrected chi connectivity index (χ3v) is 2.93. The molecular formula is C14H15ClN2. The lowest BCUT2D eigenvalue weighted by Gasteiger charge is -2.11. The number of aromatic nitrogens is 2. The molecule has 1 aromatic carbocycles. The molecule has 3 heteroatoms. The first-order valence-corrected chi connectivity index (χ1v) is 5.94. The number of nitrogens with zero attached hydrogens (tertiary/aromatic N) is 2. The molecule has 17 heavy (non-hydrogen) atoms. The van der Waals surface area contributed by atoms with Gasteiger partial charge < -0.3 is 0 Å². The highest BCUT2D eigenvalue weighted by Gasteiger charge is 2.09. The predicted octanol–water partition coefficient (Wildman–Crippen LogP) is 4.03. The molecule has 0 N–H and O–H groups in total. The molecule has 0 fully saturated rings. The van der Waals surface area contributed by atoms with Gasteiger partial charge in [0.2, 0.25) is 0 Å². The van der Waals surface area contributed by atoms with Crippen molar-refractivity contribution in [3.63, 3.8) is 0 Å². The Kier molecular flexibility index (Phi) is 3.16. The van der Waals surface area contributed by atoms with Crippen molar-refractivity contribution >= 4 is 11.6 Å². The lowest BCUT2D eigenvalue weighted by Crippen LogP contribution is -1.96.